The molecule has 0 radical (unpaired) electrons. The molecule has 2 N–H and O–H groups in total. The van der Waals surface area contributed by atoms with Crippen LogP contribution in [0.15, 0.2) is 53.3 Å². The minimum atomic E-state index is 0.0263. The number of H-pyrrole nitrogens is 1. The van der Waals surface area contributed by atoms with Gasteiger partial charge in [-0.05, 0) is 47.1 Å². The third-order valence-corrected chi connectivity index (χ3v) is 4.17. The Kier molecular flexibility index (Phi) is 3.46. The molecule has 6 heteroatoms. The summed E-state index contributed by atoms with van der Waals surface area (Å²) >= 11 is 3.43. The lowest BCUT2D eigenvalue weighted by atomic mass is 10.2. The Morgan fingerprint density at radius 3 is 2.87 bits per heavy atom. The van der Waals surface area contributed by atoms with E-state index in [-0.39, 0.29) is 6.04 Å². The number of pyridine rings is 2. The highest BCUT2D eigenvalue weighted by Gasteiger charge is 2.12. The lowest BCUT2D eigenvalue weighted by Crippen LogP contribution is -2.09. The fraction of sp³-hybridized carbons (Fsp3) is 0.118. The lowest BCUT2D eigenvalue weighted by molar-refractivity contribution is 0.816. The molecule has 0 aliphatic carbocycles. The number of fused-ring (bicyclic) bond motifs is 2. The van der Waals surface area contributed by atoms with Crippen molar-refractivity contribution in [2.75, 3.05) is 5.32 Å². The van der Waals surface area contributed by atoms with Crippen molar-refractivity contribution in [3.05, 3.63) is 59.1 Å². The Balaban J connectivity index is 1.69. The summed E-state index contributed by atoms with van der Waals surface area (Å²) in [7, 11) is 0. The molecule has 0 aliphatic heterocycles. The maximum atomic E-state index is 4.64. The molecule has 3 heterocycles. The van der Waals surface area contributed by atoms with Crippen LogP contribution in [0, 0.1) is 0 Å². The van der Waals surface area contributed by atoms with E-state index < -0.39 is 0 Å². The van der Waals surface area contributed by atoms with Crippen LogP contribution in [-0.2, 0) is 0 Å². The molecule has 4 aromatic rings. The number of imidazole rings is 1. The van der Waals surface area contributed by atoms with Crippen LogP contribution in [0.4, 0.5) is 5.69 Å². The van der Waals surface area contributed by atoms with Crippen LogP contribution in [-0.4, -0.2) is 19.9 Å². The van der Waals surface area contributed by atoms with Crippen molar-refractivity contribution in [2.45, 2.75) is 13.0 Å². The van der Waals surface area contributed by atoms with Gasteiger partial charge >= 0.3 is 0 Å². The Bertz CT molecular complexity index is 962. The highest BCUT2D eigenvalue weighted by atomic mass is 79.9. The fourth-order valence-electron chi connectivity index (χ4n) is 2.60. The van der Waals surface area contributed by atoms with Crippen LogP contribution in [0.25, 0.3) is 22.1 Å². The van der Waals surface area contributed by atoms with E-state index in [1.807, 2.05) is 36.4 Å². The molecule has 0 bridgehead atoms. The number of nitrogens with one attached hydrogen (secondary N) is 2. The van der Waals surface area contributed by atoms with Crippen LogP contribution < -0.4 is 5.32 Å². The smallest absolute Gasteiger partial charge is 0.129 e. The van der Waals surface area contributed by atoms with Gasteiger partial charge in [0.05, 0.1) is 28.3 Å². The molecule has 1 unspecified atom stereocenters. The normalized spacial score (nSPS) is 12.6. The van der Waals surface area contributed by atoms with Gasteiger partial charge in [0.2, 0.25) is 0 Å². The molecule has 1 aromatic carbocycles. The second kappa shape index (κ2) is 5.62. The number of para-hydroxylation sites is 2. The quantitative estimate of drug-likeness (QED) is 0.561. The number of aromatic nitrogens is 4. The van der Waals surface area contributed by atoms with E-state index in [0.717, 1.165) is 38.1 Å². The Morgan fingerprint density at radius 1 is 1.13 bits per heavy atom. The molecule has 5 nitrogen and oxygen atoms in total. The number of nitrogens with zero attached hydrogens (tertiary/aromatic N) is 3. The summed E-state index contributed by atoms with van der Waals surface area (Å²) in [4.78, 5) is 16.8. The van der Waals surface area contributed by atoms with Crippen molar-refractivity contribution in [2.24, 2.45) is 0 Å². The summed E-state index contributed by atoms with van der Waals surface area (Å²) in [5, 5.41) is 3.47. The fourth-order valence-corrected chi connectivity index (χ4v) is 2.92. The van der Waals surface area contributed by atoms with Gasteiger partial charge in [0.15, 0.2) is 0 Å². The minimum absolute atomic E-state index is 0.0263. The number of rotatable bonds is 3. The first-order valence-electron chi connectivity index (χ1n) is 7.32. The first-order valence-corrected chi connectivity index (χ1v) is 8.11. The van der Waals surface area contributed by atoms with Gasteiger partial charge in [0.25, 0.3) is 0 Å². The molecule has 3 aromatic heterocycles. The number of hydrogen-bond donors (Lipinski definition) is 2. The molecule has 23 heavy (non-hydrogen) atoms. The lowest BCUT2D eigenvalue weighted by Gasteiger charge is -2.14. The summed E-state index contributed by atoms with van der Waals surface area (Å²) in [6, 6.07) is 11.9. The van der Waals surface area contributed by atoms with E-state index in [4.69, 9.17) is 0 Å². The van der Waals surface area contributed by atoms with Gasteiger partial charge in [-0.1, -0.05) is 12.1 Å². The molecule has 114 valence electrons. The van der Waals surface area contributed by atoms with E-state index in [9.17, 15) is 0 Å². The van der Waals surface area contributed by atoms with Gasteiger partial charge in [0, 0.05) is 16.9 Å². The first kappa shape index (κ1) is 14.1. The molecule has 0 spiro atoms. The summed E-state index contributed by atoms with van der Waals surface area (Å²) in [6.45, 7) is 2.07. The zero-order chi connectivity index (χ0) is 15.8. The number of anilines is 1. The minimum Gasteiger partial charge on any atom is -0.374 e. The summed E-state index contributed by atoms with van der Waals surface area (Å²) < 4.78 is 0.917. The highest BCUT2D eigenvalue weighted by molar-refractivity contribution is 9.10. The van der Waals surface area contributed by atoms with Crippen LogP contribution in [0.2, 0.25) is 0 Å². The molecule has 0 fully saturated rings. The highest BCUT2D eigenvalue weighted by Crippen LogP contribution is 2.26. The zero-order valence-corrected chi connectivity index (χ0v) is 14.0. The van der Waals surface area contributed by atoms with Crippen molar-refractivity contribution in [3.8, 4) is 0 Å². The Morgan fingerprint density at radius 2 is 2.00 bits per heavy atom. The number of benzene rings is 1. The number of halogens is 1. The van der Waals surface area contributed by atoms with Gasteiger partial charge < -0.3 is 10.3 Å². The molecule has 1 atom stereocenters. The SMILES string of the molecule is CC(Nc1ccnc2cc(Br)cnc12)c1nc2ccccc2[nH]1. The van der Waals surface area contributed by atoms with Gasteiger partial charge in [-0.15, -0.1) is 0 Å². The maximum absolute atomic E-state index is 4.64. The van der Waals surface area contributed by atoms with Crippen molar-refractivity contribution in [1.82, 2.24) is 19.9 Å². The van der Waals surface area contributed by atoms with Gasteiger partial charge in [-0.2, -0.15) is 0 Å². The van der Waals surface area contributed by atoms with E-state index in [2.05, 4.69) is 48.1 Å². The summed E-state index contributed by atoms with van der Waals surface area (Å²) in [6.07, 6.45) is 3.56. The third kappa shape index (κ3) is 2.66. The second-order valence-electron chi connectivity index (χ2n) is 5.38. The van der Waals surface area contributed by atoms with Gasteiger partial charge in [0.1, 0.15) is 11.3 Å². The van der Waals surface area contributed by atoms with E-state index in [1.165, 1.54) is 0 Å². The number of aromatic amines is 1. The van der Waals surface area contributed by atoms with Crippen molar-refractivity contribution in [1.29, 1.82) is 0 Å². The van der Waals surface area contributed by atoms with Gasteiger partial charge in [-0.25, -0.2) is 4.98 Å². The van der Waals surface area contributed by atoms with Crippen LogP contribution >= 0.6 is 15.9 Å². The van der Waals surface area contributed by atoms with Crippen molar-refractivity contribution >= 4 is 43.7 Å². The Hall–Kier alpha value is -2.47. The van der Waals surface area contributed by atoms with Gasteiger partial charge in [-0.3, -0.25) is 9.97 Å². The van der Waals surface area contributed by atoms with Crippen LogP contribution in [0.3, 0.4) is 0 Å². The van der Waals surface area contributed by atoms with E-state index in [1.54, 1.807) is 12.4 Å². The third-order valence-electron chi connectivity index (χ3n) is 3.73. The monoisotopic (exact) mass is 367 g/mol. The molecular formula is C17H14BrN5. The molecular weight excluding hydrogens is 354 g/mol. The average Bonchev–Trinajstić information content (AvgIpc) is 2.99. The number of hydrogen-bond acceptors (Lipinski definition) is 4. The maximum Gasteiger partial charge on any atom is 0.129 e. The molecule has 0 amide bonds. The average molecular weight is 368 g/mol. The summed E-state index contributed by atoms with van der Waals surface area (Å²) in [5.74, 6) is 0.897. The van der Waals surface area contributed by atoms with Crippen LogP contribution in [0.1, 0.15) is 18.8 Å². The predicted molar refractivity (Wildman–Crippen MR) is 95.4 cm³/mol. The summed E-state index contributed by atoms with van der Waals surface area (Å²) in [5.41, 5.74) is 4.64. The topological polar surface area (TPSA) is 66.5 Å². The molecule has 0 aliphatic rings. The second-order valence-corrected chi connectivity index (χ2v) is 6.30. The van der Waals surface area contributed by atoms with Crippen molar-refractivity contribution < 1.29 is 0 Å². The standard InChI is InChI=1S/C17H14BrN5/c1-10(17-22-12-4-2-3-5-13(12)23-17)21-14-6-7-19-15-8-11(18)9-20-16(14)15/h2-10H,1H3,(H,19,21)(H,22,23). The van der Waals surface area contributed by atoms with E-state index >= 15 is 0 Å². The largest absolute Gasteiger partial charge is 0.374 e. The van der Waals surface area contributed by atoms with Crippen LogP contribution in [0.5, 0.6) is 0 Å². The zero-order valence-electron chi connectivity index (χ0n) is 12.4. The molecule has 4 rings (SSSR count). The van der Waals surface area contributed by atoms with Crippen molar-refractivity contribution in [3.63, 3.8) is 0 Å². The van der Waals surface area contributed by atoms with E-state index in [0.29, 0.717) is 0 Å². The Labute approximate surface area is 141 Å². The molecule has 0 saturated carbocycles. The predicted octanol–water partition coefficient (Wildman–Crippen LogP) is 4.44. The first-order chi connectivity index (χ1) is 11.2. The molecule has 0 saturated heterocycles.